The molecule has 5 heteroatoms. The smallest absolute Gasteiger partial charge is 0.160 e. The molecular weight excluding hydrogens is 214 g/mol. The van der Waals surface area contributed by atoms with E-state index in [9.17, 15) is 0 Å². The molecule has 0 aromatic carbocycles. The summed E-state index contributed by atoms with van der Waals surface area (Å²) in [7, 11) is 1.92. The summed E-state index contributed by atoms with van der Waals surface area (Å²) in [6.45, 7) is 4.20. The van der Waals surface area contributed by atoms with Crippen LogP contribution in [-0.2, 0) is 19.9 Å². The second kappa shape index (κ2) is 4.61. The van der Waals surface area contributed by atoms with Gasteiger partial charge in [0.2, 0.25) is 0 Å². The monoisotopic (exact) mass is 233 g/mol. The second-order valence-corrected chi connectivity index (χ2v) is 4.12. The largest absolute Gasteiger partial charge is 0.394 e. The topological polar surface area (TPSA) is 61.7 Å². The molecule has 0 bridgehead atoms. The van der Waals surface area contributed by atoms with E-state index in [1.165, 1.54) is 0 Å². The molecule has 0 radical (unpaired) electrons. The second-order valence-electron chi connectivity index (χ2n) is 4.12. The predicted molar refractivity (Wildman–Crippen MR) is 68.1 cm³/mol. The lowest BCUT2D eigenvalue weighted by molar-refractivity contribution is 0.696. The van der Waals surface area contributed by atoms with E-state index in [1.807, 2.05) is 28.7 Å². The minimum Gasteiger partial charge on any atom is -0.394 e. The normalized spacial score (nSPS) is 11.0. The van der Waals surface area contributed by atoms with Crippen LogP contribution in [0.1, 0.15) is 31.8 Å². The lowest BCUT2D eigenvalue weighted by Gasteiger charge is -2.08. The molecule has 0 amide bonds. The minimum atomic E-state index is 0.755. The van der Waals surface area contributed by atoms with Gasteiger partial charge in [-0.05, 0) is 12.8 Å². The molecular formula is C12H19N5. The molecule has 2 rings (SSSR count). The van der Waals surface area contributed by atoms with E-state index >= 15 is 0 Å². The van der Waals surface area contributed by atoms with Crippen LogP contribution in [0, 0.1) is 0 Å². The van der Waals surface area contributed by atoms with Crippen LogP contribution in [0.15, 0.2) is 12.4 Å². The Balaban J connectivity index is 2.52. The number of nitrogen functional groups attached to an aromatic ring is 1. The average Bonchev–Trinajstić information content (AvgIpc) is 2.84. The summed E-state index contributed by atoms with van der Waals surface area (Å²) in [6.07, 6.45) is 6.60. The Kier molecular flexibility index (Phi) is 3.17. The molecule has 0 aliphatic rings. The zero-order valence-electron chi connectivity index (χ0n) is 10.6. The molecule has 5 nitrogen and oxygen atoms in total. The Morgan fingerprint density at radius 2 is 2.12 bits per heavy atom. The molecule has 2 aromatic heterocycles. The SMILES string of the molecule is CCCc1nccn1-c1c(N)c(CC)nn1C. The highest BCUT2D eigenvalue weighted by Gasteiger charge is 2.15. The molecule has 0 aliphatic carbocycles. The van der Waals surface area contributed by atoms with E-state index in [-0.39, 0.29) is 0 Å². The maximum atomic E-state index is 6.14. The molecule has 2 heterocycles. The van der Waals surface area contributed by atoms with Gasteiger partial charge in [0.15, 0.2) is 5.82 Å². The van der Waals surface area contributed by atoms with Gasteiger partial charge < -0.3 is 5.73 Å². The third-order valence-electron chi connectivity index (χ3n) is 2.88. The van der Waals surface area contributed by atoms with E-state index in [2.05, 4.69) is 23.9 Å². The fourth-order valence-electron chi connectivity index (χ4n) is 2.07. The fourth-order valence-corrected chi connectivity index (χ4v) is 2.07. The van der Waals surface area contributed by atoms with Crippen LogP contribution >= 0.6 is 0 Å². The van der Waals surface area contributed by atoms with Crippen molar-refractivity contribution in [3.05, 3.63) is 23.9 Å². The van der Waals surface area contributed by atoms with Crippen molar-refractivity contribution in [3.63, 3.8) is 0 Å². The summed E-state index contributed by atoms with van der Waals surface area (Å²) in [5.41, 5.74) is 7.84. The van der Waals surface area contributed by atoms with Crippen LogP contribution in [0.5, 0.6) is 0 Å². The van der Waals surface area contributed by atoms with Gasteiger partial charge in [-0.2, -0.15) is 5.10 Å². The van der Waals surface area contributed by atoms with Gasteiger partial charge in [-0.1, -0.05) is 13.8 Å². The average molecular weight is 233 g/mol. The zero-order valence-corrected chi connectivity index (χ0v) is 10.6. The summed E-state index contributed by atoms with van der Waals surface area (Å²) < 4.78 is 3.86. The summed E-state index contributed by atoms with van der Waals surface area (Å²) in [4.78, 5) is 4.37. The minimum absolute atomic E-state index is 0.755. The lowest BCUT2D eigenvalue weighted by atomic mass is 10.3. The summed E-state index contributed by atoms with van der Waals surface area (Å²) in [6, 6.07) is 0. The van der Waals surface area contributed by atoms with Crippen molar-refractivity contribution < 1.29 is 0 Å². The van der Waals surface area contributed by atoms with Gasteiger partial charge in [0.25, 0.3) is 0 Å². The molecule has 0 saturated carbocycles. The van der Waals surface area contributed by atoms with Gasteiger partial charge in [-0.25, -0.2) is 9.67 Å². The van der Waals surface area contributed by atoms with E-state index < -0.39 is 0 Å². The quantitative estimate of drug-likeness (QED) is 0.874. The van der Waals surface area contributed by atoms with Crippen LogP contribution in [0.25, 0.3) is 5.82 Å². The molecule has 0 aliphatic heterocycles. The third-order valence-corrected chi connectivity index (χ3v) is 2.88. The zero-order chi connectivity index (χ0) is 12.4. The first kappa shape index (κ1) is 11.7. The van der Waals surface area contributed by atoms with Gasteiger partial charge in [0, 0.05) is 25.9 Å². The standard InChI is InChI=1S/C12H19N5/c1-4-6-10-14-7-8-17(10)12-11(13)9(5-2)15-16(12)3/h7-8H,4-6,13H2,1-3H3. The molecule has 0 fully saturated rings. The molecule has 0 unspecified atom stereocenters. The number of nitrogens with zero attached hydrogens (tertiary/aromatic N) is 4. The maximum Gasteiger partial charge on any atom is 0.160 e. The first-order chi connectivity index (χ1) is 8.19. The maximum absolute atomic E-state index is 6.14. The van der Waals surface area contributed by atoms with Crippen molar-refractivity contribution in [1.29, 1.82) is 0 Å². The number of imidazole rings is 1. The van der Waals surface area contributed by atoms with Crippen molar-refractivity contribution in [2.45, 2.75) is 33.1 Å². The third kappa shape index (κ3) is 1.92. The number of anilines is 1. The lowest BCUT2D eigenvalue weighted by Crippen LogP contribution is -2.08. The Morgan fingerprint density at radius 1 is 1.35 bits per heavy atom. The summed E-state index contributed by atoms with van der Waals surface area (Å²) in [5.74, 6) is 1.95. The summed E-state index contributed by atoms with van der Waals surface area (Å²) >= 11 is 0. The number of aryl methyl sites for hydroxylation is 3. The Morgan fingerprint density at radius 3 is 2.71 bits per heavy atom. The molecule has 0 spiro atoms. The number of rotatable bonds is 4. The van der Waals surface area contributed by atoms with E-state index in [4.69, 9.17) is 5.73 Å². The highest BCUT2D eigenvalue weighted by atomic mass is 15.3. The highest BCUT2D eigenvalue weighted by molar-refractivity contribution is 5.58. The van der Waals surface area contributed by atoms with E-state index in [1.54, 1.807) is 0 Å². The Labute approximate surface area is 101 Å². The number of nitrogens with two attached hydrogens (primary N) is 1. The van der Waals surface area contributed by atoms with Crippen LogP contribution in [0.2, 0.25) is 0 Å². The van der Waals surface area contributed by atoms with Gasteiger partial charge in [-0.15, -0.1) is 0 Å². The fraction of sp³-hybridized carbons (Fsp3) is 0.500. The molecule has 0 atom stereocenters. The van der Waals surface area contributed by atoms with Crippen molar-refractivity contribution in [1.82, 2.24) is 19.3 Å². The Bertz CT molecular complexity index is 509. The van der Waals surface area contributed by atoms with Crippen LogP contribution in [0.3, 0.4) is 0 Å². The van der Waals surface area contributed by atoms with Crippen LogP contribution in [-0.4, -0.2) is 19.3 Å². The van der Waals surface area contributed by atoms with Gasteiger partial charge in [-0.3, -0.25) is 4.57 Å². The number of hydrogen-bond acceptors (Lipinski definition) is 3. The molecule has 92 valence electrons. The Hall–Kier alpha value is -1.78. The van der Waals surface area contributed by atoms with Gasteiger partial charge in [0.05, 0.1) is 11.4 Å². The van der Waals surface area contributed by atoms with Crippen molar-refractivity contribution in [2.24, 2.45) is 7.05 Å². The molecule has 17 heavy (non-hydrogen) atoms. The first-order valence-corrected chi connectivity index (χ1v) is 6.02. The van der Waals surface area contributed by atoms with Crippen LogP contribution in [0.4, 0.5) is 5.69 Å². The van der Waals surface area contributed by atoms with E-state index in [0.717, 1.165) is 42.3 Å². The van der Waals surface area contributed by atoms with Crippen molar-refractivity contribution in [2.75, 3.05) is 5.73 Å². The number of aromatic nitrogens is 4. The van der Waals surface area contributed by atoms with Gasteiger partial charge >= 0.3 is 0 Å². The van der Waals surface area contributed by atoms with Crippen molar-refractivity contribution >= 4 is 5.69 Å². The number of hydrogen-bond donors (Lipinski definition) is 1. The molecule has 0 saturated heterocycles. The molecule has 2 N–H and O–H groups in total. The van der Waals surface area contributed by atoms with E-state index in [0.29, 0.717) is 0 Å². The predicted octanol–water partition coefficient (Wildman–Crippen LogP) is 1.70. The molecule has 2 aromatic rings. The van der Waals surface area contributed by atoms with Crippen molar-refractivity contribution in [3.8, 4) is 5.82 Å². The van der Waals surface area contributed by atoms with Gasteiger partial charge in [0.1, 0.15) is 5.82 Å². The summed E-state index contributed by atoms with van der Waals surface area (Å²) in [5, 5.41) is 4.43. The highest BCUT2D eigenvalue weighted by Crippen LogP contribution is 2.22. The first-order valence-electron chi connectivity index (χ1n) is 6.02. The van der Waals surface area contributed by atoms with Crippen LogP contribution < -0.4 is 5.73 Å².